The Morgan fingerprint density at radius 2 is 1.66 bits per heavy atom. The van der Waals surface area contributed by atoms with Gasteiger partial charge in [0, 0.05) is 42.2 Å². The largest absolute Gasteiger partial charge is 0.366 e. The number of nitrogens with zero attached hydrogens (tertiary/aromatic N) is 4. The Morgan fingerprint density at radius 1 is 0.895 bits per heavy atom. The number of pyridine rings is 1. The minimum absolute atomic E-state index is 0.514. The normalized spacial score (nSPS) is 11.1. The molecule has 0 saturated heterocycles. The molecule has 0 aliphatic carbocycles. The van der Waals surface area contributed by atoms with Crippen molar-refractivity contribution in [3.63, 3.8) is 0 Å². The molecule has 4 rings (SSSR count). The van der Waals surface area contributed by atoms with E-state index in [1.165, 1.54) is 55.3 Å². The monoisotopic (exact) mass is 511 g/mol. The number of fused-ring (bicyclic) bond motifs is 1. The van der Waals surface area contributed by atoms with Crippen molar-refractivity contribution in [3.8, 4) is 12.8 Å². The summed E-state index contributed by atoms with van der Waals surface area (Å²) in [4.78, 5) is 9.20. The van der Waals surface area contributed by atoms with Crippen molar-refractivity contribution in [3.05, 3.63) is 89.0 Å². The molecule has 0 fully saturated rings. The number of anilines is 1. The van der Waals surface area contributed by atoms with E-state index in [-0.39, 0.29) is 0 Å². The van der Waals surface area contributed by atoms with Gasteiger partial charge in [0.15, 0.2) is 5.65 Å². The van der Waals surface area contributed by atoms with Crippen molar-refractivity contribution < 1.29 is 0 Å². The molecule has 5 heteroatoms. The SMILES string of the molecule is C#C.CCCCCC(CCC)c1cc(NCc2cccnc2)n2ncc(C)c2n1.CCc1ccc(C)cc1. The van der Waals surface area contributed by atoms with Gasteiger partial charge in [0.05, 0.1) is 6.20 Å². The third-order valence-electron chi connectivity index (χ3n) is 6.60. The topological polar surface area (TPSA) is 55.1 Å². The van der Waals surface area contributed by atoms with E-state index in [0.29, 0.717) is 5.92 Å². The van der Waals surface area contributed by atoms with Gasteiger partial charge in [0.2, 0.25) is 0 Å². The van der Waals surface area contributed by atoms with Crippen molar-refractivity contribution in [1.82, 2.24) is 19.6 Å². The quantitative estimate of drug-likeness (QED) is 0.162. The minimum atomic E-state index is 0.514. The van der Waals surface area contributed by atoms with Crippen LogP contribution in [0.3, 0.4) is 0 Å². The number of nitrogens with one attached hydrogen (secondary N) is 1. The molecule has 0 bridgehead atoms. The van der Waals surface area contributed by atoms with E-state index in [9.17, 15) is 0 Å². The molecule has 0 radical (unpaired) electrons. The van der Waals surface area contributed by atoms with Crippen LogP contribution in [0.5, 0.6) is 0 Å². The summed E-state index contributed by atoms with van der Waals surface area (Å²) in [6.07, 6.45) is 22.1. The molecule has 0 amide bonds. The molecule has 3 aromatic heterocycles. The van der Waals surface area contributed by atoms with E-state index in [2.05, 4.69) is 99.3 Å². The van der Waals surface area contributed by atoms with Gasteiger partial charge in [0.1, 0.15) is 5.82 Å². The standard InChI is InChI=1S/C22H31N5.C9H12.C2H2/c1-4-6-7-11-19(9-5-2)20-13-21(24-16-18-10-8-12-23-15-18)27-22(26-20)17(3)14-25-27;1-3-9-6-4-8(2)5-7-9;1-2/h8,10,12-15,19,24H,4-7,9,11,16H2,1-3H3;4-7H,3H2,1-2H3;1-2H. The summed E-state index contributed by atoms with van der Waals surface area (Å²) in [5.74, 6) is 1.52. The van der Waals surface area contributed by atoms with Crippen molar-refractivity contribution in [2.45, 2.75) is 92.0 Å². The van der Waals surface area contributed by atoms with Gasteiger partial charge in [-0.05, 0) is 50.3 Å². The summed E-state index contributed by atoms with van der Waals surface area (Å²) in [6.45, 7) is 11.6. The zero-order chi connectivity index (χ0) is 27.8. The molecule has 3 heterocycles. The molecule has 202 valence electrons. The number of hydrogen-bond acceptors (Lipinski definition) is 4. The summed E-state index contributed by atoms with van der Waals surface area (Å²) in [5, 5.41) is 8.07. The Hall–Kier alpha value is -3.65. The van der Waals surface area contributed by atoms with Crippen LogP contribution >= 0.6 is 0 Å². The molecule has 1 unspecified atom stereocenters. The molecule has 1 atom stereocenters. The summed E-state index contributed by atoms with van der Waals surface area (Å²) < 4.78 is 1.92. The van der Waals surface area contributed by atoms with Crippen molar-refractivity contribution in [2.24, 2.45) is 0 Å². The fourth-order valence-electron chi connectivity index (χ4n) is 4.37. The Bertz CT molecular complexity index is 1210. The van der Waals surface area contributed by atoms with Gasteiger partial charge in [-0.1, -0.05) is 82.3 Å². The number of hydrogen-bond donors (Lipinski definition) is 1. The van der Waals surface area contributed by atoms with Crippen LogP contribution in [0.4, 0.5) is 5.82 Å². The Morgan fingerprint density at radius 3 is 2.29 bits per heavy atom. The molecule has 0 spiro atoms. The van der Waals surface area contributed by atoms with Gasteiger partial charge in [-0.15, -0.1) is 12.8 Å². The third-order valence-corrected chi connectivity index (χ3v) is 6.60. The summed E-state index contributed by atoms with van der Waals surface area (Å²) in [6, 6.07) is 14.9. The van der Waals surface area contributed by atoms with Gasteiger partial charge in [-0.3, -0.25) is 4.98 Å². The van der Waals surface area contributed by atoms with Crippen molar-refractivity contribution >= 4 is 11.5 Å². The number of unbranched alkanes of at least 4 members (excludes halogenated alkanes) is 2. The Kier molecular flexibility index (Phi) is 13.7. The Labute approximate surface area is 230 Å². The lowest BCUT2D eigenvalue weighted by Gasteiger charge is -2.18. The second-order valence-corrected chi connectivity index (χ2v) is 9.66. The highest BCUT2D eigenvalue weighted by atomic mass is 15.3. The van der Waals surface area contributed by atoms with Crippen LogP contribution in [-0.4, -0.2) is 19.6 Å². The van der Waals surface area contributed by atoms with Crippen LogP contribution in [0.25, 0.3) is 5.65 Å². The van der Waals surface area contributed by atoms with Gasteiger partial charge in [-0.2, -0.15) is 9.61 Å². The average molecular weight is 512 g/mol. The molecule has 0 aliphatic rings. The van der Waals surface area contributed by atoms with E-state index < -0.39 is 0 Å². The van der Waals surface area contributed by atoms with Gasteiger partial charge in [-0.25, -0.2) is 4.98 Å². The Balaban J connectivity index is 0.000000387. The van der Waals surface area contributed by atoms with E-state index in [1.54, 1.807) is 6.20 Å². The maximum Gasteiger partial charge on any atom is 0.160 e. The molecule has 1 aromatic carbocycles. The molecule has 1 N–H and O–H groups in total. The fraction of sp³-hybridized carbons (Fsp3) is 0.424. The van der Waals surface area contributed by atoms with Crippen LogP contribution < -0.4 is 5.32 Å². The highest BCUT2D eigenvalue weighted by Crippen LogP contribution is 2.29. The molecule has 38 heavy (non-hydrogen) atoms. The molecular weight excluding hydrogens is 466 g/mol. The lowest BCUT2D eigenvalue weighted by Crippen LogP contribution is -2.10. The van der Waals surface area contributed by atoms with E-state index in [4.69, 9.17) is 4.98 Å². The lowest BCUT2D eigenvalue weighted by molar-refractivity contribution is 0.519. The lowest BCUT2D eigenvalue weighted by atomic mass is 9.93. The van der Waals surface area contributed by atoms with Gasteiger partial charge >= 0.3 is 0 Å². The first-order chi connectivity index (χ1) is 18.5. The number of aryl methyl sites for hydroxylation is 3. The number of terminal acetylenes is 1. The zero-order valence-electron chi connectivity index (χ0n) is 24.0. The highest BCUT2D eigenvalue weighted by molar-refractivity contribution is 5.54. The van der Waals surface area contributed by atoms with E-state index >= 15 is 0 Å². The second-order valence-electron chi connectivity index (χ2n) is 9.66. The van der Waals surface area contributed by atoms with Crippen LogP contribution in [0.2, 0.25) is 0 Å². The van der Waals surface area contributed by atoms with Crippen LogP contribution in [-0.2, 0) is 13.0 Å². The number of aromatic nitrogens is 4. The predicted molar refractivity (Wildman–Crippen MR) is 162 cm³/mol. The van der Waals surface area contributed by atoms with Crippen LogP contribution in [0, 0.1) is 26.7 Å². The molecule has 4 aromatic rings. The number of benzene rings is 1. The van der Waals surface area contributed by atoms with Crippen molar-refractivity contribution in [2.75, 3.05) is 5.32 Å². The predicted octanol–water partition coefficient (Wildman–Crippen LogP) is 8.32. The first-order valence-electron chi connectivity index (χ1n) is 13.9. The summed E-state index contributed by atoms with van der Waals surface area (Å²) in [5.41, 5.74) is 7.18. The first kappa shape index (κ1) is 30.6. The molecule has 5 nitrogen and oxygen atoms in total. The van der Waals surface area contributed by atoms with Crippen molar-refractivity contribution in [1.29, 1.82) is 0 Å². The molecular formula is C33H45N5. The smallest absolute Gasteiger partial charge is 0.160 e. The highest BCUT2D eigenvalue weighted by Gasteiger charge is 2.17. The second kappa shape index (κ2) is 17.0. The molecule has 0 aliphatic heterocycles. The third kappa shape index (κ3) is 9.34. The summed E-state index contributed by atoms with van der Waals surface area (Å²) >= 11 is 0. The van der Waals surface area contributed by atoms with E-state index in [1.807, 2.05) is 23.0 Å². The fourth-order valence-corrected chi connectivity index (χ4v) is 4.37. The maximum absolute atomic E-state index is 5.00. The number of rotatable bonds is 11. The minimum Gasteiger partial charge on any atom is -0.366 e. The first-order valence-corrected chi connectivity index (χ1v) is 13.9. The average Bonchev–Trinajstić information content (AvgIpc) is 3.34. The maximum atomic E-state index is 5.00. The van der Waals surface area contributed by atoms with E-state index in [0.717, 1.165) is 35.6 Å². The van der Waals surface area contributed by atoms with Gasteiger partial charge in [0.25, 0.3) is 0 Å². The summed E-state index contributed by atoms with van der Waals surface area (Å²) in [7, 11) is 0. The van der Waals surface area contributed by atoms with Crippen LogP contribution in [0.1, 0.15) is 93.2 Å². The van der Waals surface area contributed by atoms with Gasteiger partial charge < -0.3 is 5.32 Å². The molecule has 0 saturated carbocycles. The zero-order valence-corrected chi connectivity index (χ0v) is 24.0. The van der Waals surface area contributed by atoms with Crippen LogP contribution in [0.15, 0.2) is 61.1 Å².